The molecule has 34 heavy (non-hydrogen) atoms. The van der Waals surface area contributed by atoms with E-state index in [-0.39, 0.29) is 25.5 Å². The number of rotatable bonds is 10. The van der Waals surface area contributed by atoms with Gasteiger partial charge in [0.15, 0.2) is 18.1 Å². The van der Waals surface area contributed by atoms with Crippen molar-refractivity contribution in [1.29, 1.82) is 0 Å². The zero-order valence-electron chi connectivity index (χ0n) is 18.1. The van der Waals surface area contributed by atoms with Crippen molar-refractivity contribution in [2.24, 2.45) is 0 Å². The molecule has 1 saturated heterocycles. The molecular weight excluding hydrogens is 483 g/mol. The molecule has 1 fully saturated rings. The van der Waals surface area contributed by atoms with E-state index in [1.165, 1.54) is 29.2 Å². The molecule has 2 aromatic rings. The Morgan fingerprint density at radius 1 is 1.18 bits per heavy atom. The first kappa shape index (κ1) is 25.2. The molecule has 0 aromatic heterocycles. The summed E-state index contributed by atoms with van der Waals surface area (Å²) in [7, 11) is 0. The molecule has 2 amide bonds. The molecule has 0 unspecified atom stereocenters. The first-order valence-electron chi connectivity index (χ1n) is 10.2. The summed E-state index contributed by atoms with van der Waals surface area (Å²) in [6.07, 6.45) is 1.43. The van der Waals surface area contributed by atoms with Crippen molar-refractivity contribution in [3.8, 4) is 11.5 Å². The predicted octanol–water partition coefficient (Wildman–Crippen LogP) is 3.92. The number of ether oxygens (including phenoxy) is 2. The number of amides is 2. The van der Waals surface area contributed by atoms with Gasteiger partial charge in [-0.05, 0) is 55.0 Å². The van der Waals surface area contributed by atoms with Gasteiger partial charge in [-0.2, -0.15) is 0 Å². The second-order valence-electron chi connectivity index (χ2n) is 6.96. The zero-order chi connectivity index (χ0) is 24.7. The molecule has 2 N–H and O–H groups in total. The number of nitrogens with one attached hydrogen (secondary N) is 1. The van der Waals surface area contributed by atoms with Gasteiger partial charge in [-0.3, -0.25) is 19.3 Å². The van der Waals surface area contributed by atoms with Crippen molar-refractivity contribution in [2.45, 2.75) is 13.3 Å². The standard InChI is InChI=1S/C23H21FN2O6S2/c1-2-31-18-11-14(12-19-22(30)26(23(33)34-19)10-9-21(28)29)3-8-17(18)32-13-20(27)25-16-6-4-15(24)5-7-16/h3-8,11-12H,2,9-10,13H2,1H3,(H,25,27)(H,28,29). The Morgan fingerprint density at radius 2 is 1.91 bits per heavy atom. The van der Waals surface area contributed by atoms with Crippen LogP contribution in [-0.4, -0.2) is 51.9 Å². The van der Waals surface area contributed by atoms with Gasteiger partial charge in [0.25, 0.3) is 11.8 Å². The van der Waals surface area contributed by atoms with E-state index in [0.29, 0.717) is 38.6 Å². The monoisotopic (exact) mass is 504 g/mol. The molecule has 0 radical (unpaired) electrons. The van der Waals surface area contributed by atoms with Crippen LogP contribution in [0.2, 0.25) is 0 Å². The van der Waals surface area contributed by atoms with Crippen LogP contribution in [-0.2, 0) is 14.4 Å². The van der Waals surface area contributed by atoms with Gasteiger partial charge >= 0.3 is 5.97 Å². The van der Waals surface area contributed by atoms with Gasteiger partial charge in [-0.15, -0.1) is 0 Å². The number of thioether (sulfide) groups is 1. The fourth-order valence-electron chi connectivity index (χ4n) is 2.93. The van der Waals surface area contributed by atoms with Crippen LogP contribution in [0.1, 0.15) is 18.9 Å². The first-order valence-corrected chi connectivity index (χ1v) is 11.4. The maximum atomic E-state index is 13.0. The number of hydrogen-bond donors (Lipinski definition) is 2. The summed E-state index contributed by atoms with van der Waals surface area (Å²) in [5.41, 5.74) is 1.08. The Morgan fingerprint density at radius 3 is 2.59 bits per heavy atom. The molecule has 0 saturated carbocycles. The van der Waals surface area contributed by atoms with Crippen molar-refractivity contribution < 1.29 is 33.4 Å². The number of hydrogen-bond acceptors (Lipinski definition) is 7. The van der Waals surface area contributed by atoms with Crippen LogP contribution in [0, 0.1) is 5.82 Å². The number of nitrogens with zero attached hydrogens (tertiary/aromatic N) is 1. The van der Waals surface area contributed by atoms with Gasteiger partial charge < -0.3 is 19.9 Å². The smallest absolute Gasteiger partial charge is 0.305 e. The van der Waals surface area contributed by atoms with E-state index >= 15 is 0 Å². The Bertz CT molecular complexity index is 1140. The highest BCUT2D eigenvalue weighted by Crippen LogP contribution is 2.35. The zero-order valence-corrected chi connectivity index (χ0v) is 19.7. The minimum absolute atomic E-state index is 0.00823. The van der Waals surface area contributed by atoms with E-state index in [9.17, 15) is 18.8 Å². The van der Waals surface area contributed by atoms with E-state index in [1.807, 2.05) is 0 Å². The molecule has 0 atom stereocenters. The van der Waals surface area contributed by atoms with Gasteiger partial charge in [0.1, 0.15) is 10.1 Å². The van der Waals surface area contributed by atoms with Crippen LogP contribution < -0.4 is 14.8 Å². The third-order valence-corrected chi connectivity index (χ3v) is 5.85. The van der Waals surface area contributed by atoms with Crippen molar-refractivity contribution >= 4 is 57.8 Å². The number of benzene rings is 2. The summed E-state index contributed by atoms with van der Waals surface area (Å²) in [6.45, 7) is 1.86. The SMILES string of the molecule is CCOc1cc(C=C2SC(=S)N(CCC(=O)O)C2=O)ccc1OCC(=O)Nc1ccc(F)cc1. The Hall–Kier alpha value is -3.44. The Kier molecular flexibility index (Phi) is 8.61. The minimum Gasteiger partial charge on any atom is -0.490 e. The predicted molar refractivity (Wildman–Crippen MR) is 130 cm³/mol. The van der Waals surface area contributed by atoms with Crippen molar-refractivity contribution in [1.82, 2.24) is 4.90 Å². The van der Waals surface area contributed by atoms with E-state index < -0.39 is 17.7 Å². The van der Waals surface area contributed by atoms with Crippen molar-refractivity contribution in [3.05, 3.63) is 58.8 Å². The second-order valence-corrected chi connectivity index (χ2v) is 8.64. The van der Waals surface area contributed by atoms with Crippen LogP contribution >= 0.6 is 24.0 Å². The number of anilines is 1. The highest BCUT2D eigenvalue weighted by Gasteiger charge is 2.32. The molecule has 2 aromatic carbocycles. The van der Waals surface area contributed by atoms with Gasteiger partial charge in [0, 0.05) is 12.2 Å². The summed E-state index contributed by atoms with van der Waals surface area (Å²) in [5, 5.41) is 11.5. The fraction of sp³-hybridized carbons (Fsp3) is 0.217. The molecule has 0 bridgehead atoms. The van der Waals surface area contributed by atoms with Crippen LogP contribution in [0.5, 0.6) is 11.5 Å². The van der Waals surface area contributed by atoms with Gasteiger partial charge in [0.05, 0.1) is 17.9 Å². The van der Waals surface area contributed by atoms with Crippen LogP contribution in [0.4, 0.5) is 10.1 Å². The van der Waals surface area contributed by atoms with Crippen molar-refractivity contribution in [2.75, 3.05) is 25.1 Å². The molecule has 3 rings (SSSR count). The Labute approximate surface area is 204 Å². The maximum Gasteiger partial charge on any atom is 0.305 e. The van der Waals surface area contributed by atoms with Crippen LogP contribution in [0.25, 0.3) is 6.08 Å². The molecule has 0 aliphatic carbocycles. The molecule has 1 aliphatic heterocycles. The summed E-state index contributed by atoms with van der Waals surface area (Å²) >= 11 is 6.29. The van der Waals surface area contributed by atoms with E-state index in [2.05, 4.69) is 5.32 Å². The summed E-state index contributed by atoms with van der Waals surface area (Å²) < 4.78 is 24.5. The molecule has 1 heterocycles. The lowest BCUT2D eigenvalue weighted by Crippen LogP contribution is -2.30. The third-order valence-electron chi connectivity index (χ3n) is 4.47. The first-order chi connectivity index (χ1) is 16.3. The molecule has 11 heteroatoms. The Balaban J connectivity index is 1.68. The summed E-state index contributed by atoms with van der Waals surface area (Å²) in [5.74, 6) is -1.48. The maximum absolute atomic E-state index is 13.0. The average Bonchev–Trinajstić information content (AvgIpc) is 3.05. The number of carboxylic acids is 1. The molecule has 178 valence electrons. The largest absolute Gasteiger partial charge is 0.490 e. The number of thiocarbonyl (C=S) groups is 1. The molecule has 1 aliphatic rings. The molecule has 8 nitrogen and oxygen atoms in total. The lowest BCUT2D eigenvalue weighted by molar-refractivity contribution is -0.137. The average molecular weight is 505 g/mol. The topological polar surface area (TPSA) is 105 Å². The van der Waals surface area contributed by atoms with E-state index in [4.69, 9.17) is 26.8 Å². The summed E-state index contributed by atoms with van der Waals surface area (Å²) in [6, 6.07) is 10.3. The number of carboxylic acid groups (broad SMARTS) is 1. The molecular formula is C23H21FN2O6S2. The fourth-order valence-corrected chi connectivity index (χ4v) is 4.24. The highest BCUT2D eigenvalue weighted by molar-refractivity contribution is 8.26. The van der Waals surface area contributed by atoms with Crippen LogP contribution in [0.3, 0.4) is 0 Å². The lowest BCUT2D eigenvalue weighted by Gasteiger charge is -2.13. The van der Waals surface area contributed by atoms with Gasteiger partial charge in [-0.1, -0.05) is 30.0 Å². The third kappa shape index (κ3) is 6.78. The number of carbonyl (C=O) groups excluding carboxylic acids is 2. The minimum atomic E-state index is -1.01. The van der Waals surface area contributed by atoms with Crippen molar-refractivity contribution in [3.63, 3.8) is 0 Å². The van der Waals surface area contributed by atoms with Gasteiger partial charge in [0.2, 0.25) is 0 Å². The highest BCUT2D eigenvalue weighted by atomic mass is 32.2. The number of carbonyl (C=O) groups is 3. The summed E-state index contributed by atoms with van der Waals surface area (Å²) in [4.78, 5) is 37.2. The number of aliphatic carboxylic acids is 1. The van der Waals surface area contributed by atoms with Crippen LogP contribution in [0.15, 0.2) is 47.4 Å². The molecule has 0 spiro atoms. The van der Waals surface area contributed by atoms with Gasteiger partial charge in [-0.25, -0.2) is 4.39 Å². The quantitative estimate of drug-likeness (QED) is 0.371. The normalized spacial score (nSPS) is 14.4. The van der Waals surface area contributed by atoms with E-state index in [0.717, 1.165) is 11.8 Å². The number of halogens is 1. The second kappa shape index (κ2) is 11.6. The lowest BCUT2D eigenvalue weighted by atomic mass is 10.2. The van der Waals surface area contributed by atoms with E-state index in [1.54, 1.807) is 31.2 Å².